The molecule has 8 nitrogen and oxygen atoms in total. The van der Waals surface area contributed by atoms with Gasteiger partial charge in [-0.15, -0.1) is 0 Å². The molecule has 0 unspecified atom stereocenters. The van der Waals surface area contributed by atoms with Gasteiger partial charge in [0.1, 0.15) is 5.82 Å². The highest BCUT2D eigenvalue weighted by Gasteiger charge is 2.31. The number of morpholine rings is 1. The minimum Gasteiger partial charge on any atom is -0.377 e. The zero-order valence-electron chi connectivity index (χ0n) is 18.6. The number of hydrogen-bond donors (Lipinski definition) is 0. The Hall–Kier alpha value is -3.98. The van der Waals surface area contributed by atoms with Gasteiger partial charge in [0.05, 0.1) is 48.6 Å². The first-order valence-corrected chi connectivity index (χ1v) is 11.0. The molecule has 2 aromatic carbocycles. The van der Waals surface area contributed by atoms with E-state index < -0.39 is 0 Å². The van der Waals surface area contributed by atoms with Gasteiger partial charge in [0.2, 0.25) is 0 Å². The number of halogens is 1. The van der Waals surface area contributed by atoms with Crippen LogP contribution in [0.1, 0.15) is 21.5 Å². The fraction of sp³-hybridized carbons (Fsp3) is 0.240. The third-order valence-electron chi connectivity index (χ3n) is 5.88. The topological polar surface area (TPSA) is 86.0 Å². The van der Waals surface area contributed by atoms with Crippen molar-refractivity contribution in [3.05, 3.63) is 89.6 Å². The lowest BCUT2D eigenvalue weighted by Gasteiger charge is -2.36. The number of carbonyl (C=O) groups is 1. The van der Waals surface area contributed by atoms with Crippen LogP contribution in [0.25, 0.3) is 16.9 Å². The Morgan fingerprint density at radius 1 is 1.12 bits per heavy atom. The summed E-state index contributed by atoms with van der Waals surface area (Å²) >= 11 is 0. The van der Waals surface area contributed by atoms with Crippen molar-refractivity contribution in [3.8, 4) is 16.9 Å². The molecule has 1 saturated heterocycles. The molecule has 1 fully saturated rings. The molecule has 1 aliphatic heterocycles. The van der Waals surface area contributed by atoms with Crippen molar-refractivity contribution in [2.24, 2.45) is 0 Å². The van der Waals surface area contributed by atoms with E-state index in [0.29, 0.717) is 48.7 Å². The SMILES string of the molecule is Cc1ccc(C(=O)N2CCOC[C@H]2Cc2cc(-c3cccnn3)ccc2F)c(-n2nccn2)c1. The number of hydrogen-bond acceptors (Lipinski definition) is 6. The van der Waals surface area contributed by atoms with Gasteiger partial charge in [-0.25, -0.2) is 4.39 Å². The molecule has 0 radical (unpaired) electrons. The van der Waals surface area contributed by atoms with Gasteiger partial charge in [-0.05, 0) is 66.9 Å². The predicted octanol–water partition coefficient (Wildman–Crippen LogP) is 3.26. The first-order valence-electron chi connectivity index (χ1n) is 11.0. The summed E-state index contributed by atoms with van der Waals surface area (Å²) < 4.78 is 20.5. The normalized spacial score (nSPS) is 15.9. The van der Waals surface area contributed by atoms with Crippen LogP contribution in [-0.4, -0.2) is 61.8 Å². The molecular formula is C25H23FN6O2. The van der Waals surface area contributed by atoms with Crippen molar-refractivity contribution in [1.82, 2.24) is 30.1 Å². The third kappa shape index (κ3) is 4.42. The number of amides is 1. The number of benzene rings is 2. The quantitative estimate of drug-likeness (QED) is 0.456. The molecular weight excluding hydrogens is 435 g/mol. The van der Waals surface area contributed by atoms with E-state index in [1.807, 2.05) is 25.1 Å². The molecule has 0 spiro atoms. The number of rotatable bonds is 5. The number of ether oxygens (including phenoxy) is 1. The second-order valence-electron chi connectivity index (χ2n) is 8.19. The van der Waals surface area contributed by atoms with Crippen LogP contribution < -0.4 is 0 Å². The van der Waals surface area contributed by atoms with E-state index in [0.717, 1.165) is 11.1 Å². The molecule has 5 rings (SSSR count). The van der Waals surface area contributed by atoms with Crippen molar-refractivity contribution in [3.63, 3.8) is 0 Å². The molecule has 172 valence electrons. The minimum absolute atomic E-state index is 0.161. The van der Waals surface area contributed by atoms with Gasteiger partial charge in [0, 0.05) is 18.3 Å². The zero-order valence-corrected chi connectivity index (χ0v) is 18.6. The standard InChI is InChI=1S/C25H23FN6O2/c1-17-4-6-21(24(13-17)32-28-9-10-29-32)25(33)31-11-12-34-16-20(31)15-19-14-18(5-7-22(19)26)23-3-2-8-27-30-23/h2-10,13-14,20H,11-12,15-16H2,1H3/t20-/m1/s1. The summed E-state index contributed by atoms with van der Waals surface area (Å²) in [4.78, 5) is 16.9. The fourth-order valence-corrected chi connectivity index (χ4v) is 4.17. The van der Waals surface area contributed by atoms with Crippen molar-refractivity contribution < 1.29 is 13.9 Å². The largest absolute Gasteiger partial charge is 0.377 e. The van der Waals surface area contributed by atoms with Crippen LogP contribution in [0, 0.1) is 12.7 Å². The van der Waals surface area contributed by atoms with Gasteiger partial charge in [0.25, 0.3) is 5.91 Å². The van der Waals surface area contributed by atoms with Crippen molar-refractivity contribution >= 4 is 5.91 Å². The van der Waals surface area contributed by atoms with Crippen molar-refractivity contribution in [1.29, 1.82) is 0 Å². The first kappa shape index (κ1) is 21.8. The first-order chi connectivity index (χ1) is 16.6. The summed E-state index contributed by atoms with van der Waals surface area (Å²) in [6.45, 7) is 3.11. The Morgan fingerprint density at radius 3 is 2.76 bits per heavy atom. The average molecular weight is 458 g/mol. The van der Waals surface area contributed by atoms with Gasteiger partial charge in [-0.1, -0.05) is 6.07 Å². The molecule has 0 aliphatic carbocycles. The number of aromatic nitrogens is 5. The van der Waals surface area contributed by atoms with Gasteiger partial charge in [-0.2, -0.15) is 25.2 Å². The van der Waals surface area contributed by atoms with Crippen molar-refractivity contribution in [2.75, 3.05) is 19.8 Å². The molecule has 9 heteroatoms. The number of carbonyl (C=O) groups excluding carboxylic acids is 1. The van der Waals surface area contributed by atoms with Gasteiger partial charge >= 0.3 is 0 Å². The Balaban J connectivity index is 1.45. The highest BCUT2D eigenvalue weighted by molar-refractivity contribution is 5.98. The molecule has 2 aromatic heterocycles. The molecule has 0 N–H and O–H groups in total. The smallest absolute Gasteiger partial charge is 0.256 e. The maximum atomic E-state index is 14.8. The average Bonchev–Trinajstić information content (AvgIpc) is 3.41. The van der Waals surface area contributed by atoms with Gasteiger partial charge in [0.15, 0.2) is 0 Å². The fourth-order valence-electron chi connectivity index (χ4n) is 4.17. The van der Waals surface area contributed by atoms with Gasteiger partial charge in [-0.3, -0.25) is 4.79 Å². The van der Waals surface area contributed by atoms with Crippen LogP contribution in [-0.2, 0) is 11.2 Å². The van der Waals surface area contributed by atoms with E-state index in [9.17, 15) is 9.18 Å². The Bertz CT molecular complexity index is 1300. The Kier molecular flexibility index (Phi) is 6.09. The lowest BCUT2D eigenvalue weighted by molar-refractivity contribution is -0.00185. The van der Waals surface area contributed by atoms with Crippen molar-refractivity contribution in [2.45, 2.75) is 19.4 Å². The number of aryl methyl sites for hydroxylation is 1. The maximum absolute atomic E-state index is 14.8. The monoisotopic (exact) mass is 458 g/mol. The van der Waals surface area contributed by atoms with Gasteiger partial charge < -0.3 is 9.64 Å². The highest BCUT2D eigenvalue weighted by Crippen LogP contribution is 2.25. The summed E-state index contributed by atoms with van der Waals surface area (Å²) in [6, 6.07) is 13.7. The Morgan fingerprint density at radius 2 is 1.97 bits per heavy atom. The van der Waals surface area contributed by atoms with Crippen LogP contribution in [0.2, 0.25) is 0 Å². The molecule has 1 aliphatic rings. The molecule has 0 saturated carbocycles. The maximum Gasteiger partial charge on any atom is 0.256 e. The molecule has 4 aromatic rings. The van der Waals surface area contributed by atoms with E-state index in [1.165, 1.54) is 10.9 Å². The predicted molar refractivity (Wildman–Crippen MR) is 123 cm³/mol. The lowest BCUT2D eigenvalue weighted by atomic mass is 9.99. The van der Waals surface area contributed by atoms with Crippen LogP contribution >= 0.6 is 0 Å². The second kappa shape index (κ2) is 9.48. The zero-order chi connectivity index (χ0) is 23.5. The lowest BCUT2D eigenvalue weighted by Crippen LogP contribution is -2.50. The number of nitrogens with zero attached hydrogens (tertiary/aromatic N) is 6. The summed E-state index contributed by atoms with van der Waals surface area (Å²) in [7, 11) is 0. The van der Waals surface area contributed by atoms with Crippen LogP contribution in [0.4, 0.5) is 4.39 Å². The molecule has 1 atom stereocenters. The summed E-state index contributed by atoms with van der Waals surface area (Å²) in [5, 5.41) is 16.4. The molecule has 3 heterocycles. The van der Waals surface area contributed by atoms with E-state index in [1.54, 1.807) is 47.8 Å². The van der Waals surface area contributed by atoms with Crippen LogP contribution in [0.5, 0.6) is 0 Å². The second-order valence-corrected chi connectivity index (χ2v) is 8.19. The highest BCUT2D eigenvalue weighted by atomic mass is 19.1. The molecule has 0 bridgehead atoms. The molecule has 34 heavy (non-hydrogen) atoms. The Labute approximate surface area is 196 Å². The third-order valence-corrected chi connectivity index (χ3v) is 5.88. The summed E-state index contributed by atoms with van der Waals surface area (Å²) in [5.74, 6) is -0.492. The summed E-state index contributed by atoms with van der Waals surface area (Å²) in [6.07, 6.45) is 5.05. The van der Waals surface area contributed by atoms with E-state index >= 15 is 0 Å². The van der Waals surface area contributed by atoms with Crippen LogP contribution in [0.15, 0.2) is 67.1 Å². The van der Waals surface area contributed by atoms with E-state index in [2.05, 4.69) is 20.4 Å². The molecule has 1 amide bonds. The van der Waals surface area contributed by atoms with E-state index in [4.69, 9.17) is 4.74 Å². The van der Waals surface area contributed by atoms with E-state index in [-0.39, 0.29) is 17.8 Å². The van der Waals surface area contributed by atoms with Crippen LogP contribution in [0.3, 0.4) is 0 Å². The minimum atomic E-state index is -0.331. The summed E-state index contributed by atoms with van der Waals surface area (Å²) in [5.41, 5.74) is 4.01.